The Morgan fingerprint density at radius 3 is 2.57 bits per heavy atom. The first kappa shape index (κ1) is 19.6. The van der Waals surface area contributed by atoms with Crippen LogP contribution in [0.4, 0.5) is 10.5 Å². The van der Waals surface area contributed by atoms with Crippen LogP contribution in [0, 0.1) is 0 Å². The van der Waals surface area contributed by atoms with Crippen LogP contribution in [0.25, 0.3) is 11.0 Å². The molecule has 8 heteroatoms. The maximum absolute atomic E-state index is 12.7. The SMILES string of the molecule is CC(C)c1ccc(N2C(=O)N[C@H](CC(=O)NCc3nc4ccccc4[nH]3)C2=O)cc1. The summed E-state index contributed by atoms with van der Waals surface area (Å²) in [5.74, 6) is 0.200. The number of carbonyl (C=O) groups is 3. The number of amides is 4. The first-order valence-electron chi connectivity index (χ1n) is 9.87. The highest BCUT2D eigenvalue weighted by Crippen LogP contribution is 2.23. The van der Waals surface area contributed by atoms with E-state index in [1.165, 1.54) is 0 Å². The minimum atomic E-state index is -0.891. The number of urea groups is 1. The number of aromatic nitrogens is 2. The third-order valence-corrected chi connectivity index (χ3v) is 5.12. The third-order valence-electron chi connectivity index (χ3n) is 5.12. The number of anilines is 1. The summed E-state index contributed by atoms with van der Waals surface area (Å²) >= 11 is 0. The number of benzene rings is 2. The second-order valence-electron chi connectivity index (χ2n) is 7.60. The molecule has 1 aliphatic rings. The van der Waals surface area contributed by atoms with Crippen LogP contribution in [0.3, 0.4) is 0 Å². The molecule has 0 bridgehead atoms. The van der Waals surface area contributed by atoms with Gasteiger partial charge in [0.25, 0.3) is 5.91 Å². The number of nitrogens with one attached hydrogen (secondary N) is 3. The number of nitrogens with zero attached hydrogens (tertiary/aromatic N) is 2. The van der Waals surface area contributed by atoms with Gasteiger partial charge in [-0.05, 0) is 35.7 Å². The van der Waals surface area contributed by atoms with Gasteiger partial charge in [0, 0.05) is 0 Å². The Balaban J connectivity index is 1.36. The largest absolute Gasteiger partial charge is 0.349 e. The van der Waals surface area contributed by atoms with Crippen LogP contribution in [0.2, 0.25) is 0 Å². The van der Waals surface area contributed by atoms with Gasteiger partial charge in [-0.3, -0.25) is 9.59 Å². The molecule has 4 rings (SSSR count). The van der Waals surface area contributed by atoms with E-state index in [-0.39, 0.29) is 18.9 Å². The number of imidazole rings is 1. The van der Waals surface area contributed by atoms with E-state index in [1.54, 1.807) is 12.1 Å². The fourth-order valence-electron chi connectivity index (χ4n) is 3.45. The summed E-state index contributed by atoms with van der Waals surface area (Å²) in [6.45, 7) is 4.36. The highest BCUT2D eigenvalue weighted by Gasteiger charge is 2.40. The molecular formula is C22H23N5O3. The molecule has 30 heavy (non-hydrogen) atoms. The van der Waals surface area contributed by atoms with Crippen LogP contribution in [0.15, 0.2) is 48.5 Å². The van der Waals surface area contributed by atoms with Crippen LogP contribution < -0.4 is 15.5 Å². The van der Waals surface area contributed by atoms with Crippen molar-refractivity contribution in [1.82, 2.24) is 20.6 Å². The quantitative estimate of drug-likeness (QED) is 0.548. The zero-order chi connectivity index (χ0) is 21.3. The monoisotopic (exact) mass is 405 g/mol. The first-order chi connectivity index (χ1) is 14.4. The molecule has 3 N–H and O–H groups in total. The standard InChI is InChI=1S/C22H23N5O3/c1-13(2)14-7-9-15(10-8-14)27-21(29)18(26-22(27)30)11-20(28)23-12-19-24-16-5-3-4-6-17(16)25-19/h3-10,13,18H,11-12H2,1-2H3,(H,23,28)(H,24,25)(H,26,30)/t18-/m1/s1. The molecule has 1 aliphatic heterocycles. The lowest BCUT2D eigenvalue weighted by Gasteiger charge is -2.14. The molecule has 0 radical (unpaired) electrons. The Labute approximate surface area is 173 Å². The average Bonchev–Trinajstić information content (AvgIpc) is 3.26. The van der Waals surface area contributed by atoms with Gasteiger partial charge >= 0.3 is 6.03 Å². The maximum Gasteiger partial charge on any atom is 0.329 e. The number of hydrogen-bond acceptors (Lipinski definition) is 4. The maximum atomic E-state index is 12.7. The number of fused-ring (bicyclic) bond motifs is 1. The van der Waals surface area contributed by atoms with Crippen LogP contribution >= 0.6 is 0 Å². The van der Waals surface area contributed by atoms with E-state index in [0.717, 1.165) is 21.5 Å². The fourth-order valence-corrected chi connectivity index (χ4v) is 3.45. The topological polar surface area (TPSA) is 107 Å². The smallest absolute Gasteiger partial charge is 0.329 e. The highest BCUT2D eigenvalue weighted by atomic mass is 16.2. The van der Waals surface area contributed by atoms with Crippen molar-refractivity contribution in [3.63, 3.8) is 0 Å². The zero-order valence-electron chi connectivity index (χ0n) is 16.8. The molecule has 8 nitrogen and oxygen atoms in total. The molecule has 4 amide bonds. The summed E-state index contributed by atoms with van der Waals surface area (Å²) in [5, 5.41) is 5.34. The summed E-state index contributed by atoms with van der Waals surface area (Å²) < 4.78 is 0. The van der Waals surface area contributed by atoms with E-state index in [0.29, 0.717) is 17.4 Å². The van der Waals surface area contributed by atoms with Crippen molar-refractivity contribution in [3.05, 3.63) is 59.9 Å². The van der Waals surface area contributed by atoms with Crippen molar-refractivity contribution in [3.8, 4) is 0 Å². The van der Waals surface area contributed by atoms with E-state index in [1.807, 2.05) is 36.4 Å². The van der Waals surface area contributed by atoms with E-state index < -0.39 is 18.0 Å². The Bertz CT molecular complexity index is 1070. The Morgan fingerprint density at radius 2 is 1.87 bits per heavy atom. The molecule has 2 aromatic carbocycles. The van der Waals surface area contributed by atoms with Gasteiger partial charge in [-0.25, -0.2) is 14.7 Å². The summed E-state index contributed by atoms with van der Waals surface area (Å²) in [6, 6.07) is 13.5. The molecule has 0 saturated carbocycles. The summed E-state index contributed by atoms with van der Waals surface area (Å²) in [5.41, 5.74) is 3.32. The molecule has 1 fully saturated rings. The molecule has 3 aromatic rings. The molecule has 1 atom stereocenters. The van der Waals surface area contributed by atoms with Crippen LogP contribution in [-0.2, 0) is 16.1 Å². The normalized spacial score (nSPS) is 16.4. The predicted octanol–water partition coefficient (Wildman–Crippen LogP) is 2.82. The van der Waals surface area contributed by atoms with Gasteiger partial charge in [-0.15, -0.1) is 0 Å². The Hall–Kier alpha value is -3.68. The molecular weight excluding hydrogens is 382 g/mol. The zero-order valence-corrected chi connectivity index (χ0v) is 16.8. The van der Waals surface area contributed by atoms with Gasteiger partial charge in [0.05, 0.1) is 29.7 Å². The number of para-hydroxylation sites is 2. The van der Waals surface area contributed by atoms with E-state index in [9.17, 15) is 14.4 Å². The van der Waals surface area contributed by atoms with Crippen LogP contribution in [0.5, 0.6) is 0 Å². The van der Waals surface area contributed by atoms with Gasteiger partial charge in [0.1, 0.15) is 11.9 Å². The van der Waals surface area contributed by atoms with E-state index >= 15 is 0 Å². The van der Waals surface area contributed by atoms with Gasteiger partial charge < -0.3 is 15.6 Å². The van der Waals surface area contributed by atoms with Crippen molar-refractivity contribution >= 4 is 34.6 Å². The van der Waals surface area contributed by atoms with Crippen LogP contribution in [-0.4, -0.2) is 33.9 Å². The number of hydrogen-bond donors (Lipinski definition) is 3. The molecule has 0 unspecified atom stereocenters. The lowest BCUT2D eigenvalue weighted by Crippen LogP contribution is -2.36. The van der Waals surface area contributed by atoms with Gasteiger partial charge in [0.2, 0.25) is 5.91 Å². The van der Waals surface area contributed by atoms with Crippen molar-refractivity contribution < 1.29 is 14.4 Å². The summed E-state index contributed by atoms with van der Waals surface area (Å²) in [4.78, 5) is 46.0. The van der Waals surface area contributed by atoms with Gasteiger partial charge in [-0.2, -0.15) is 0 Å². The number of rotatable bonds is 6. The molecule has 154 valence electrons. The number of carbonyl (C=O) groups excluding carboxylic acids is 3. The molecule has 2 heterocycles. The van der Waals surface area contributed by atoms with Crippen LogP contribution in [0.1, 0.15) is 37.6 Å². The second kappa shape index (κ2) is 7.98. The minimum Gasteiger partial charge on any atom is -0.349 e. The van der Waals surface area contributed by atoms with Crippen molar-refractivity contribution in [2.75, 3.05) is 4.90 Å². The second-order valence-corrected chi connectivity index (χ2v) is 7.60. The van der Waals surface area contributed by atoms with Gasteiger partial charge in [-0.1, -0.05) is 38.1 Å². The number of aromatic amines is 1. The fraction of sp³-hybridized carbons (Fsp3) is 0.273. The minimum absolute atomic E-state index is 0.134. The lowest BCUT2D eigenvalue weighted by molar-refractivity contribution is -0.125. The van der Waals surface area contributed by atoms with E-state index in [2.05, 4.69) is 34.4 Å². The summed E-state index contributed by atoms with van der Waals surface area (Å²) in [6.07, 6.45) is -0.134. The molecule has 1 aromatic heterocycles. The Kier molecular flexibility index (Phi) is 5.22. The number of imide groups is 1. The molecule has 0 aliphatic carbocycles. The summed E-state index contributed by atoms with van der Waals surface area (Å²) in [7, 11) is 0. The third kappa shape index (κ3) is 3.89. The van der Waals surface area contributed by atoms with Crippen molar-refractivity contribution in [2.24, 2.45) is 0 Å². The molecule has 1 saturated heterocycles. The first-order valence-corrected chi connectivity index (χ1v) is 9.87. The van der Waals surface area contributed by atoms with Gasteiger partial charge in [0.15, 0.2) is 0 Å². The average molecular weight is 405 g/mol. The molecule has 0 spiro atoms. The highest BCUT2D eigenvalue weighted by molar-refractivity contribution is 6.22. The predicted molar refractivity (Wildman–Crippen MR) is 113 cm³/mol. The number of H-pyrrole nitrogens is 1. The Morgan fingerprint density at radius 1 is 1.13 bits per heavy atom. The van der Waals surface area contributed by atoms with Crippen molar-refractivity contribution in [1.29, 1.82) is 0 Å². The van der Waals surface area contributed by atoms with Crippen molar-refractivity contribution in [2.45, 2.75) is 38.8 Å². The lowest BCUT2D eigenvalue weighted by atomic mass is 10.0. The van der Waals surface area contributed by atoms with E-state index in [4.69, 9.17) is 0 Å².